The summed E-state index contributed by atoms with van der Waals surface area (Å²) < 4.78 is 0. The van der Waals surface area contributed by atoms with Crippen molar-refractivity contribution in [1.29, 1.82) is 0 Å². The quantitative estimate of drug-likeness (QED) is 0.148. The highest BCUT2D eigenvalue weighted by Gasteiger charge is 2.45. The van der Waals surface area contributed by atoms with Crippen molar-refractivity contribution in [2.45, 2.75) is 223 Å². The standard InChI is InChI=1S/C62H111N11O12/c1-25-27-28-40(15)52(75)51-56(79)65-43(26-2)58(81)67(18)33-48(74)68(19)44(29-34(3)4)55(78)66-49(38(11)12)61(84)69(20)45(30-35(5)6)54(77)63-41(16)53(76)64-42(17)57(80)70(21)46(31-36(7)8)59(82)71(22)47(32-37(9)10)60(83)72(23)50(39(13)14)62(85)73(51)24/h25,27,34-47,49-52,75H,26,28-33H2,1-24H3,(H,63,77)(H,64,76)(H,65,79)(H,66,78)/b27-25+/t40-,41+,42-,43+,44-,45+,46+,47+,49+,50+,51+,52-/m1/s1. The van der Waals surface area contributed by atoms with Gasteiger partial charge in [-0.1, -0.05) is 109 Å². The van der Waals surface area contributed by atoms with Gasteiger partial charge in [0.25, 0.3) is 0 Å². The smallest absolute Gasteiger partial charge is 0.246 e. The lowest BCUT2D eigenvalue weighted by Gasteiger charge is -2.41. The minimum atomic E-state index is -1.61. The number of amides is 11. The number of aliphatic hydroxyl groups excluding tert-OH is 1. The van der Waals surface area contributed by atoms with Crippen LogP contribution in [0.1, 0.15) is 156 Å². The van der Waals surface area contributed by atoms with E-state index in [0.29, 0.717) is 6.42 Å². The van der Waals surface area contributed by atoms with Crippen LogP contribution in [0.25, 0.3) is 0 Å². The average molecular weight is 1200 g/mol. The maximum atomic E-state index is 15.1. The molecular formula is C62H111N11O12. The van der Waals surface area contributed by atoms with E-state index in [1.54, 1.807) is 54.5 Å². The lowest BCUT2D eigenvalue weighted by Crippen LogP contribution is -2.63. The number of allylic oxidation sites excluding steroid dienone is 2. The second kappa shape index (κ2) is 34.9. The zero-order valence-electron chi connectivity index (χ0n) is 56.1. The van der Waals surface area contributed by atoms with Gasteiger partial charge in [0.15, 0.2) is 0 Å². The van der Waals surface area contributed by atoms with Gasteiger partial charge < -0.3 is 60.7 Å². The van der Waals surface area contributed by atoms with Crippen LogP contribution in [0.2, 0.25) is 0 Å². The fourth-order valence-electron chi connectivity index (χ4n) is 10.7. The van der Waals surface area contributed by atoms with Gasteiger partial charge in [0.05, 0.1) is 12.6 Å². The average Bonchev–Trinajstić information content (AvgIpc) is 3.62. The second-order valence-corrected chi connectivity index (χ2v) is 26.1. The summed E-state index contributed by atoms with van der Waals surface area (Å²) in [6.07, 6.45) is 3.04. The Labute approximate surface area is 508 Å². The van der Waals surface area contributed by atoms with Crippen molar-refractivity contribution in [2.24, 2.45) is 41.4 Å². The van der Waals surface area contributed by atoms with Crippen molar-refractivity contribution in [2.75, 3.05) is 55.9 Å². The SMILES string of the molecule is C/C=C/C[C@@H](C)[C@@H](O)[C@H]1C(=O)N[C@@H](CC)C(=O)N(C)CC(=O)N(C)[C@H](CC(C)C)C(=O)N[C@@H](C(C)C)C(=O)N(C)[C@@H](CC(C)C)C(=O)N[C@@H](C)C(=O)N[C@H](C)C(=O)N(C)[C@@H](CC(C)C)C(=O)N(C)[C@@H](CC(C)C)C(=O)N(C)[C@@H](C(C)C)C(=O)N1C. The van der Waals surface area contributed by atoms with Crippen LogP contribution < -0.4 is 21.3 Å². The Bertz CT molecular complexity index is 2330. The number of nitrogens with zero attached hydrogens (tertiary/aromatic N) is 7. The maximum absolute atomic E-state index is 15.1. The highest BCUT2D eigenvalue weighted by atomic mass is 16.3. The Morgan fingerprint density at radius 3 is 1.32 bits per heavy atom. The molecule has 1 rings (SSSR count). The Morgan fingerprint density at radius 2 is 0.871 bits per heavy atom. The summed E-state index contributed by atoms with van der Waals surface area (Å²) in [4.78, 5) is 169. The number of hydrogen-bond acceptors (Lipinski definition) is 12. The number of carbonyl (C=O) groups is 11. The molecule has 1 heterocycles. The zero-order valence-corrected chi connectivity index (χ0v) is 56.1. The molecule has 0 aromatic heterocycles. The number of rotatable bonds is 15. The fourth-order valence-corrected chi connectivity index (χ4v) is 10.7. The van der Waals surface area contributed by atoms with Crippen molar-refractivity contribution in [3.8, 4) is 0 Å². The molecule has 0 spiro atoms. The molecule has 1 saturated heterocycles. The first-order valence-corrected chi connectivity index (χ1v) is 30.6. The van der Waals surface area contributed by atoms with Gasteiger partial charge in [-0.3, -0.25) is 52.7 Å². The fraction of sp³-hybridized carbons (Fsp3) is 0.790. The van der Waals surface area contributed by atoms with Crippen molar-refractivity contribution in [3.63, 3.8) is 0 Å². The van der Waals surface area contributed by atoms with Crippen LogP contribution in [0.3, 0.4) is 0 Å². The van der Waals surface area contributed by atoms with E-state index in [2.05, 4.69) is 21.3 Å². The number of likely N-dealkylation sites (N-methyl/N-ethyl adjacent to an activating group) is 7. The van der Waals surface area contributed by atoms with Crippen molar-refractivity contribution < 1.29 is 57.8 Å². The van der Waals surface area contributed by atoms with Crippen LogP contribution in [0.5, 0.6) is 0 Å². The summed E-state index contributed by atoms with van der Waals surface area (Å²) in [7, 11) is 9.92. The van der Waals surface area contributed by atoms with Gasteiger partial charge in [-0.05, 0) is 101 Å². The van der Waals surface area contributed by atoms with E-state index in [1.807, 2.05) is 61.5 Å². The Kier molecular flexibility index (Phi) is 31.5. The van der Waals surface area contributed by atoms with E-state index in [4.69, 9.17) is 0 Å². The van der Waals surface area contributed by atoms with Gasteiger partial charge >= 0.3 is 0 Å². The van der Waals surface area contributed by atoms with Gasteiger partial charge in [-0.25, -0.2) is 0 Å². The minimum Gasteiger partial charge on any atom is -0.390 e. The normalized spacial score (nSPS) is 26.9. The first kappa shape index (κ1) is 76.9. The van der Waals surface area contributed by atoms with Crippen LogP contribution in [0, 0.1) is 41.4 Å². The molecule has 0 radical (unpaired) electrons. The van der Waals surface area contributed by atoms with Gasteiger partial charge in [0.2, 0.25) is 65.0 Å². The van der Waals surface area contributed by atoms with Crippen molar-refractivity contribution in [3.05, 3.63) is 12.2 Å². The molecule has 12 atom stereocenters. The molecule has 0 saturated carbocycles. The molecular weight excluding hydrogens is 1090 g/mol. The molecule has 0 aliphatic carbocycles. The second-order valence-electron chi connectivity index (χ2n) is 26.1. The van der Waals surface area contributed by atoms with Gasteiger partial charge in [0, 0.05) is 49.3 Å². The molecule has 1 aliphatic rings. The highest BCUT2D eigenvalue weighted by Crippen LogP contribution is 2.26. The molecule has 0 unspecified atom stereocenters. The molecule has 0 aromatic carbocycles. The summed E-state index contributed by atoms with van der Waals surface area (Å²) in [5.41, 5.74) is 0. The van der Waals surface area contributed by atoms with Crippen molar-refractivity contribution in [1.82, 2.24) is 55.6 Å². The number of hydrogen-bond donors (Lipinski definition) is 5. The third kappa shape index (κ3) is 21.7. The van der Waals surface area contributed by atoms with Gasteiger partial charge in [-0.15, -0.1) is 0 Å². The largest absolute Gasteiger partial charge is 0.390 e. The predicted octanol–water partition coefficient (Wildman–Crippen LogP) is 3.27. The van der Waals surface area contributed by atoms with Crippen LogP contribution in [-0.2, 0) is 52.7 Å². The lowest BCUT2D eigenvalue weighted by molar-refractivity contribution is -0.157. The summed E-state index contributed by atoms with van der Waals surface area (Å²) >= 11 is 0. The maximum Gasteiger partial charge on any atom is 0.246 e. The first-order valence-electron chi connectivity index (χ1n) is 30.6. The molecule has 11 amide bonds. The number of aliphatic hydroxyl groups is 1. The summed E-state index contributed by atoms with van der Waals surface area (Å²) in [5.74, 6) is -9.71. The molecule has 85 heavy (non-hydrogen) atoms. The third-order valence-corrected chi connectivity index (χ3v) is 16.1. The summed E-state index contributed by atoms with van der Waals surface area (Å²) in [6, 6.07) is -12.3. The van der Waals surface area contributed by atoms with E-state index in [1.165, 1.54) is 87.7 Å². The van der Waals surface area contributed by atoms with Crippen molar-refractivity contribution >= 4 is 65.0 Å². The predicted molar refractivity (Wildman–Crippen MR) is 328 cm³/mol. The third-order valence-electron chi connectivity index (χ3n) is 16.1. The molecule has 1 aliphatic heterocycles. The minimum absolute atomic E-state index is 0.0229. The van der Waals surface area contributed by atoms with E-state index in [-0.39, 0.29) is 55.8 Å². The Balaban J connectivity index is 4.32. The summed E-state index contributed by atoms with van der Waals surface area (Å²) in [5, 5.41) is 23.1. The monoisotopic (exact) mass is 1200 g/mol. The molecule has 23 nitrogen and oxygen atoms in total. The number of carbonyl (C=O) groups excluding carboxylic acids is 11. The van der Waals surface area contributed by atoms with Crippen LogP contribution >= 0.6 is 0 Å². The zero-order chi connectivity index (χ0) is 66.0. The highest BCUT2D eigenvalue weighted by molar-refractivity contribution is 5.99. The van der Waals surface area contributed by atoms with Crippen LogP contribution in [0.4, 0.5) is 0 Å². The van der Waals surface area contributed by atoms with E-state index in [9.17, 15) is 48.3 Å². The Hall–Kier alpha value is -6.13. The summed E-state index contributed by atoms with van der Waals surface area (Å²) in [6.45, 7) is 29.3. The molecule has 0 bridgehead atoms. The van der Waals surface area contributed by atoms with Crippen LogP contribution in [-0.4, -0.2) is 227 Å². The lowest BCUT2D eigenvalue weighted by atomic mass is 9.91. The van der Waals surface area contributed by atoms with Gasteiger partial charge in [0.1, 0.15) is 60.4 Å². The van der Waals surface area contributed by atoms with E-state index >= 15 is 9.59 Å². The Morgan fingerprint density at radius 1 is 0.459 bits per heavy atom. The topological polar surface area (TPSA) is 279 Å². The first-order chi connectivity index (χ1) is 39.2. The van der Waals surface area contributed by atoms with E-state index in [0.717, 1.165) is 9.80 Å². The van der Waals surface area contributed by atoms with Crippen LogP contribution in [0.15, 0.2) is 12.2 Å². The molecule has 486 valence electrons. The molecule has 0 aromatic rings. The van der Waals surface area contributed by atoms with Gasteiger partial charge in [-0.2, -0.15) is 0 Å². The molecule has 23 heteroatoms. The van der Waals surface area contributed by atoms with E-state index < -0.39 is 156 Å². The number of nitrogens with one attached hydrogen (secondary N) is 4. The molecule has 5 N–H and O–H groups in total. The molecule has 1 fully saturated rings.